The van der Waals surface area contributed by atoms with Crippen LogP contribution in [0.5, 0.6) is 0 Å². The molecule has 2 fully saturated rings. The van der Waals surface area contributed by atoms with E-state index in [9.17, 15) is 5.11 Å². The Hall–Kier alpha value is -0.380. The Morgan fingerprint density at radius 3 is 2.72 bits per heavy atom. The normalized spacial score (nSPS) is 35.9. The van der Waals surface area contributed by atoms with Gasteiger partial charge in [-0.3, -0.25) is 4.90 Å². The van der Waals surface area contributed by atoms with Crippen LogP contribution in [0.15, 0.2) is 28.7 Å². The molecular weight excluding hydrogens is 290 g/mol. The highest BCUT2D eigenvalue weighted by Gasteiger charge is 2.45. The minimum atomic E-state index is 0.322. The molecular formula is C15H20BrNO. The van der Waals surface area contributed by atoms with E-state index in [2.05, 4.69) is 52.1 Å². The van der Waals surface area contributed by atoms with Gasteiger partial charge in [-0.1, -0.05) is 34.1 Å². The summed E-state index contributed by atoms with van der Waals surface area (Å²) in [6.07, 6.45) is 3.63. The maximum absolute atomic E-state index is 9.62. The third-order valence-corrected chi connectivity index (χ3v) is 5.63. The zero-order valence-electron chi connectivity index (χ0n) is 10.7. The Morgan fingerprint density at radius 2 is 2.00 bits per heavy atom. The summed E-state index contributed by atoms with van der Waals surface area (Å²) in [4.78, 5) is 2.51. The van der Waals surface area contributed by atoms with E-state index in [0.717, 1.165) is 6.42 Å². The summed E-state index contributed by atoms with van der Waals surface area (Å²) < 4.78 is 1.21. The monoisotopic (exact) mass is 309 g/mol. The van der Waals surface area contributed by atoms with Crippen molar-refractivity contribution in [3.8, 4) is 0 Å². The molecule has 18 heavy (non-hydrogen) atoms. The molecule has 0 radical (unpaired) electrons. The van der Waals surface area contributed by atoms with Crippen molar-refractivity contribution in [2.24, 2.45) is 5.92 Å². The number of hydrogen-bond acceptors (Lipinski definition) is 2. The van der Waals surface area contributed by atoms with Crippen LogP contribution in [-0.4, -0.2) is 35.7 Å². The fourth-order valence-electron chi connectivity index (χ4n) is 3.99. The molecule has 0 aliphatic carbocycles. The van der Waals surface area contributed by atoms with Crippen molar-refractivity contribution < 1.29 is 5.11 Å². The summed E-state index contributed by atoms with van der Waals surface area (Å²) in [6, 6.07) is 9.80. The van der Waals surface area contributed by atoms with Crippen molar-refractivity contribution in [3.63, 3.8) is 0 Å². The van der Waals surface area contributed by atoms with Crippen molar-refractivity contribution in [3.05, 3.63) is 34.3 Å². The molecule has 2 nitrogen and oxygen atoms in total. The van der Waals surface area contributed by atoms with E-state index in [4.69, 9.17) is 0 Å². The second-order valence-electron chi connectivity index (χ2n) is 5.68. The van der Waals surface area contributed by atoms with Crippen molar-refractivity contribution in [2.75, 3.05) is 13.7 Å². The number of aliphatic hydroxyl groups excluding tert-OH is 1. The van der Waals surface area contributed by atoms with E-state index < -0.39 is 0 Å². The van der Waals surface area contributed by atoms with Gasteiger partial charge in [0, 0.05) is 29.1 Å². The van der Waals surface area contributed by atoms with Gasteiger partial charge in [0.05, 0.1) is 0 Å². The van der Waals surface area contributed by atoms with Gasteiger partial charge < -0.3 is 5.11 Å². The summed E-state index contributed by atoms with van der Waals surface area (Å²) in [5.41, 5.74) is 1.41. The third kappa shape index (κ3) is 1.93. The molecule has 4 atom stereocenters. The molecule has 0 aromatic heterocycles. The Morgan fingerprint density at radius 1 is 1.28 bits per heavy atom. The fourth-order valence-corrected chi connectivity index (χ4v) is 4.57. The van der Waals surface area contributed by atoms with Gasteiger partial charge in [0.15, 0.2) is 0 Å². The lowest BCUT2D eigenvalue weighted by Crippen LogP contribution is -2.47. The maximum Gasteiger partial charge on any atom is 0.0474 e. The molecule has 1 N–H and O–H groups in total. The molecule has 2 bridgehead atoms. The number of rotatable bonds is 2. The smallest absolute Gasteiger partial charge is 0.0474 e. The van der Waals surface area contributed by atoms with Crippen molar-refractivity contribution in [1.82, 2.24) is 4.90 Å². The van der Waals surface area contributed by atoms with Crippen LogP contribution >= 0.6 is 15.9 Å². The van der Waals surface area contributed by atoms with Crippen molar-refractivity contribution in [1.29, 1.82) is 0 Å². The molecule has 3 rings (SSSR count). The van der Waals surface area contributed by atoms with E-state index in [1.807, 2.05) is 0 Å². The highest BCUT2D eigenvalue weighted by molar-refractivity contribution is 9.10. The lowest BCUT2D eigenvalue weighted by Gasteiger charge is -2.42. The van der Waals surface area contributed by atoms with Gasteiger partial charge in [-0.05, 0) is 43.9 Å². The molecule has 1 aromatic carbocycles. The van der Waals surface area contributed by atoms with Crippen LogP contribution in [0.1, 0.15) is 30.7 Å². The van der Waals surface area contributed by atoms with Gasteiger partial charge in [-0.15, -0.1) is 0 Å². The zero-order valence-corrected chi connectivity index (χ0v) is 12.3. The lowest BCUT2D eigenvalue weighted by atomic mass is 9.79. The predicted molar refractivity (Wildman–Crippen MR) is 76.6 cm³/mol. The molecule has 2 saturated heterocycles. The summed E-state index contributed by atoms with van der Waals surface area (Å²) in [6.45, 7) is 0.322. The fraction of sp³-hybridized carbons (Fsp3) is 0.600. The average molecular weight is 310 g/mol. The van der Waals surface area contributed by atoms with Gasteiger partial charge in [-0.2, -0.15) is 0 Å². The minimum Gasteiger partial charge on any atom is -0.396 e. The van der Waals surface area contributed by atoms with Crippen LogP contribution in [0.3, 0.4) is 0 Å². The molecule has 2 heterocycles. The Balaban J connectivity index is 1.95. The molecule has 0 spiro atoms. The van der Waals surface area contributed by atoms with Crippen molar-refractivity contribution in [2.45, 2.75) is 37.3 Å². The zero-order chi connectivity index (χ0) is 12.7. The number of halogens is 1. The first kappa shape index (κ1) is 12.6. The standard InChI is InChI=1S/C15H20BrNO/c1-17-14-6-7-15(17)12(8-10(14)9-18)11-4-2-3-5-13(11)16/h2-5,10,12,14-15,18H,6-9H2,1H3/t10-,12?,14-,15+/m1/s1. The van der Waals surface area contributed by atoms with Gasteiger partial charge in [0.2, 0.25) is 0 Å². The Bertz CT molecular complexity index is 436. The van der Waals surface area contributed by atoms with Crippen LogP contribution in [0.4, 0.5) is 0 Å². The van der Waals surface area contributed by atoms with E-state index in [0.29, 0.717) is 30.5 Å². The van der Waals surface area contributed by atoms with Crippen molar-refractivity contribution >= 4 is 15.9 Å². The van der Waals surface area contributed by atoms with Gasteiger partial charge >= 0.3 is 0 Å². The summed E-state index contributed by atoms with van der Waals surface area (Å²) in [5.74, 6) is 0.993. The number of piperidine rings is 1. The molecule has 2 aliphatic rings. The highest BCUT2D eigenvalue weighted by atomic mass is 79.9. The van der Waals surface area contributed by atoms with Gasteiger partial charge in [-0.25, -0.2) is 0 Å². The highest BCUT2D eigenvalue weighted by Crippen LogP contribution is 2.47. The molecule has 98 valence electrons. The number of nitrogens with zero attached hydrogens (tertiary/aromatic N) is 1. The average Bonchev–Trinajstić information content (AvgIpc) is 2.64. The summed E-state index contributed by atoms with van der Waals surface area (Å²) >= 11 is 3.68. The van der Waals surface area contributed by atoms with E-state index in [1.165, 1.54) is 22.9 Å². The number of benzene rings is 1. The minimum absolute atomic E-state index is 0.322. The van der Waals surface area contributed by atoms with Gasteiger partial charge in [0.25, 0.3) is 0 Å². The summed E-state index contributed by atoms with van der Waals surface area (Å²) in [7, 11) is 2.23. The van der Waals surface area contributed by atoms with Crippen LogP contribution in [-0.2, 0) is 0 Å². The topological polar surface area (TPSA) is 23.5 Å². The predicted octanol–water partition coefficient (Wildman–Crippen LogP) is 3.01. The number of fused-ring (bicyclic) bond motifs is 2. The van der Waals surface area contributed by atoms with Crippen LogP contribution in [0, 0.1) is 5.92 Å². The van der Waals surface area contributed by atoms with Crippen LogP contribution < -0.4 is 0 Å². The number of aliphatic hydroxyl groups is 1. The van der Waals surface area contributed by atoms with E-state index in [-0.39, 0.29) is 0 Å². The number of hydrogen-bond donors (Lipinski definition) is 1. The third-order valence-electron chi connectivity index (χ3n) is 4.91. The van der Waals surface area contributed by atoms with E-state index >= 15 is 0 Å². The van der Waals surface area contributed by atoms with Crippen LogP contribution in [0.2, 0.25) is 0 Å². The first-order valence-corrected chi connectivity index (χ1v) is 7.59. The molecule has 3 heteroatoms. The second-order valence-corrected chi connectivity index (χ2v) is 6.54. The largest absolute Gasteiger partial charge is 0.396 e. The molecule has 0 saturated carbocycles. The maximum atomic E-state index is 9.62. The summed E-state index contributed by atoms with van der Waals surface area (Å²) in [5, 5.41) is 9.62. The number of likely N-dealkylation sites (N-methyl/N-ethyl adjacent to an activating group) is 1. The van der Waals surface area contributed by atoms with E-state index in [1.54, 1.807) is 0 Å². The second kappa shape index (κ2) is 4.95. The molecule has 2 aliphatic heterocycles. The lowest BCUT2D eigenvalue weighted by molar-refractivity contribution is 0.0627. The molecule has 1 unspecified atom stereocenters. The van der Waals surface area contributed by atoms with Gasteiger partial charge in [0.1, 0.15) is 0 Å². The van der Waals surface area contributed by atoms with Crippen LogP contribution in [0.25, 0.3) is 0 Å². The Labute approximate surface area is 117 Å². The first-order valence-electron chi connectivity index (χ1n) is 6.79. The molecule has 1 aromatic rings. The quantitative estimate of drug-likeness (QED) is 0.908. The molecule has 0 amide bonds. The first-order chi connectivity index (χ1) is 8.72. The SMILES string of the molecule is CN1[C@@H]2CC[C@H]1C(c1ccccc1Br)C[C@@H]2CO. The Kier molecular flexibility index (Phi) is 3.48.